The Balaban J connectivity index is 1.39. The van der Waals surface area contributed by atoms with E-state index in [1.807, 2.05) is 48.5 Å². The lowest BCUT2D eigenvalue weighted by atomic mass is 10.1. The molecule has 0 bridgehead atoms. The van der Waals surface area contributed by atoms with Gasteiger partial charge in [-0.2, -0.15) is 0 Å². The topological polar surface area (TPSA) is 105 Å². The Kier molecular flexibility index (Phi) is 11.8. The van der Waals surface area contributed by atoms with E-state index in [-0.39, 0.29) is 26.1 Å². The molecule has 3 aromatic carbocycles. The number of rotatable bonds is 14. The fourth-order valence-corrected chi connectivity index (χ4v) is 3.66. The molecule has 0 aliphatic heterocycles. The lowest BCUT2D eigenvalue weighted by molar-refractivity contribution is -0.139. The van der Waals surface area contributed by atoms with Crippen LogP contribution >= 0.6 is 0 Å². The average molecular weight is 571 g/mol. The normalized spacial score (nSPS) is 10.3. The van der Waals surface area contributed by atoms with E-state index >= 15 is 0 Å². The van der Waals surface area contributed by atoms with Crippen LogP contribution in [-0.2, 0) is 54.3 Å². The highest BCUT2D eigenvalue weighted by Crippen LogP contribution is 2.19. The summed E-state index contributed by atoms with van der Waals surface area (Å²) in [5.41, 5.74) is 4.23. The quantitative estimate of drug-likeness (QED) is 0.146. The smallest absolute Gasteiger partial charge is 0.333 e. The lowest BCUT2D eigenvalue weighted by Crippen LogP contribution is -2.12. The monoisotopic (exact) mass is 570 g/mol. The van der Waals surface area contributed by atoms with Crippen molar-refractivity contribution < 1.29 is 38.1 Å². The molecule has 0 atom stereocenters. The minimum atomic E-state index is -0.430. The first-order chi connectivity index (χ1) is 20.1. The Hall–Kier alpha value is -4.98. The third-order valence-electron chi connectivity index (χ3n) is 5.97. The summed E-state index contributed by atoms with van der Waals surface area (Å²) in [4.78, 5) is 47.7. The van der Waals surface area contributed by atoms with Crippen molar-refractivity contribution in [2.24, 2.45) is 0 Å². The second kappa shape index (κ2) is 15.7. The van der Waals surface area contributed by atoms with Gasteiger partial charge in [0, 0.05) is 24.0 Å². The van der Waals surface area contributed by atoms with Gasteiger partial charge in [0.15, 0.2) is 0 Å². The van der Waals surface area contributed by atoms with Gasteiger partial charge in [0.25, 0.3) is 0 Å². The zero-order valence-corrected chi connectivity index (χ0v) is 23.9. The second-order valence-corrected chi connectivity index (χ2v) is 9.74. The molecule has 0 unspecified atom stereocenters. The molecule has 0 saturated carbocycles. The number of carbonyl (C=O) groups is 4. The Bertz CT molecular complexity index is 1310. The van der Waals surface area contributed by atoms with Crippen LogP contribution in [0.2, 0.25) is 0 Å². The number of hydrogen-bond acceptors (Lipinski definition) is 8. The molecule has 8 heteroatoms. The largest absolute Gasteiger partial charge is 0.462 e. The van der Waals surface area contributed by atoms with E-state index in [2.05, 4.69) is 13.2 Å². The van der Waals surface area contributed by atoms with Gasteiger partial charge in [0.1, 0.15) is 11.5 Å². The van der Waals surface area contributed by atoms with Crippen LogP contribution in [0.5, 0.6) is 11.5 Å². The van der Waals surface area contributed by atoms with Gasteiger partial charge in [-0.3, -0.25) is 9.59 Å². The Morgan fingerprint density at radius 3 is 1.14 bits per heavy atom. The molecule has 3 rings (SSSR count). The van der Waals surface area contributed by atoms with Crippen LogP contribution in [-0.4, -0.2) is 37.1 Å². The highest BCUT2D eigenvalue weighted by Gasteiger charge is 2.11. The van der Waals surface area contributed by atoms with E-state index in [1.165, 1.54) is 0 Å². The molecule has 0 fully saturated rings. The molecule has 0 aliphatic carbocycles. The maximum absolute atomic E-state index is 12.4. The van der Waals surface area contributed by atoms with Crippen LogP contribution in [0.15, 0.2) is 97.1 Å². The average Bonchev–Trinajstić information content (AvgIpc) is 2.95. The number of hydrogen-bond donors (Lipinski definition) is 0. The van der Waals surface area contributed by atoms with Crippen molar-refractivity contribution >= 4 is 23.9 Å². The minimum absolute atomic E-state index is 0.0834. The lowest BCUT2D eigenvalue weighted by Gasteiger charge is -2.08. The summed E-state index contributed by atoms with van der Waals surface area (Å²) in [5.74, 6) is -1.03. The van der Waals surface area contributed by atoms with Crippen LogP contribution in [0.1, 0.15) is 36.1 Å². The Morgan fingerprint density at radius 2 is 0.833 bits per heavy atom. The van der Waals surface area contributed by atoms with Gasteiger partial charge in [-0.15, -0.1) is 0 Å². The molecule has 42 heavy (non-hydrogen) atoms. The zero-order valence-electron chi connectivity index (χ0n) is 23.9. The van der Waals surface area contributed by atoms with Crippen molar-refractivity contribution in [1.29, 1.82) is 0 Å². The van der Waals surface area contributed by atoms with Gasteiger partial charge >= 0.3 is 23.9 Å². The number of esters is 4. The second-order valence-electron chi connectivity index (χ2n) is 9.74. The Labute approximate surface area is 245 Å². The van der Waals surface area contributed by atoms with E-state index < -0.39 is 23.9 Å². The maximum atomic E-state index is 12.4. The van der Waals surface area contributed by atoms with Crippen LogP contribution in [0, 0.1) is 0 Å². The summed E-state index contributed by atoms with van der Waals surface area (Å²) in [6, 6.07) is 21.1. The number of ether oxygens (including phenoxy) is 4. The van der Waals surface area contributed by atoms with Gasteiger partial charge in [0.2, 0.25) is 0 Å². The van der Waals surface area contributed by atoms with E-state index in [0.717, 1.165) is 22.3 Å². The first-order valence-electron chi connectivity index (χ1n) is 13.4. The van der Waals surface area contributed by atoms with Crippen LogP contribution in [0.25, 0.3) is 0 Å². The van der Waals surface area contributed by atoms with Gasteiger partial charge in [-0.1, -0.05) is 61.7 Å². The molecule has 0 heterocycles. The predicted octanol–water partition coefficient (Wildman–Crippen LogP) is 5.31. The summed E-state index contributed by atoms with van der Waals surface area (Å²) >= 11 is 0. The highest BCUT2D eigenvalue weighted by molar-refractivity contribution is 5.87. The standard InChI is InChI=1S/C34H34O8/c1-23(2)33(37)39-19-17-25-5-9-27(10-6-25)21-31(35)41-29-13-15-30(16-14-29)42-32(36)22-28-11-7-26(8-12-28)18-20-40-34(38)24(3)4/h5-16H,1,3,17-22H2,2,4H3. The number of carbonyl (C=O) groups excluding carboxylic acids is 4. The summed E-state index contributed by atoms with van der Waals surface area (Å²) in [5, 5.41) is 0. The van der Waals surface area contributed by atoms with Crippen molar-refractivity contribution in [3.63, 3.8) is 0 Å². The third-order valence-corrected chi connectivity index (χ3v) is 5.97. The molecule has 0 amide bonds. The van der Waals surface area contributed by atoms with Gasteiger partial charge in [-0.05, 0) is 60.4 Å². The summed E-state index contributed by atoms with van der Waals surface area (Å²) in [6.07, 6.45) is 1.28. The number of benzene rings is 3. The third kappa shape index (κ3) is 10.9. The minimum Gasteiger partial charge on any atom is -0.462 e. The van der Waals surface area contributed by atoms with Gasteiger partial charge in [-0.25, -0.2) is 9.59 Å². The molecular weight excluding hydrogens is 536 g/mol. The first-order valence-corrected chi connectivity index (χ1v) is 13.4. The van der Waals surface area contributed by atoms with Crippen molar-refractivity contribution in [3.05, 3.63) is 119 Å². The van der Waals surface area contributed by atoms with Gasteiger partial charge in [0.05, 0.1) is 26.1 Å². The van der Waals surface area contributed by atoms with Crippen molar-refractivity contribution in [3.8, 4) is 11.5 Å². The fraction of sp³-hybridized carbons (Fsp3) is 0.235. The molecule has 0 radical (unpaired) electrons. The van der Waals surface area contributed by atoms with Gasteiger partial charge < -0.3 is 18.9 Å². The summed E-state index contributed by atoms with van der Waals surface area (Å²) < 4.78 is 21.0. The fourth-order valence-electron chi connectivity index (χ4n) is 3.66. The molecule has 0 saturated heterocycles. The Morgan fingerprint density at radius 1 is 0.524 bits per heavy atom. The van der Waals surface area contributed by atoms with E-state index in [4.69, 9.17) is 18.9 Å². The van der Waals surface area contributed by atoms with Crippen molar-refractivity contribution in [2.45, 2.75) is 39.5 Å². The zero-order chi connectivity index (χ0) is 30.5. The van der Waals surface area contributed by atoms with E-state index in [0.29, 0.717) is 35.5 Å². The molecule has 0 aliphatic rings. The highest BCUT2D eigenvalue weighted by atomic mass is 16.5. The summed E-state index contributed by atoms with van der Waals surface area (Å²) in [6.45, 7) is 10.8. The van der Waals surface area contributed by atoms with E-state index in [9.17, 15) is 19.2 Å². The van der Waals surface area contributed by atoms with Crippen molar-refractivity contribution in [1.82, 2.24) is 0 Å². The molecule has 8 nitrogen and oxygen atoms in total. The van der Waals surface area contributed by atoms with E-state index in [1.54, 1.807) is 38.1 Å². The first kappa shape index (κ1) is 31.5. The molecular formula is C34H34O8. The molecule has 0 aromatic heterocycles. The van der Waals surface area contributed by atoms with Crippen LogP contribution in [0.3, 0.4) is 0 Å². The summed E-state index contributed by atoms with van der Waals surface area (Å²) in [7, 11) is 0. The molecule has 218 valence electrons. The van der Waals surface area contributed by atoms with Crippen molar-refractivity contribution in [2.75, 3.05) is 13.2 Å². The SMILES string of the molecule is C=C(C)C(=O)OCCc1ccc(CC(=O)Oc2ccc(OC(=O)Cc3ccc(CCOC(=O)C(=C)C)cc3)cc2)cc1. The molecule has 0 spiro atoms. The maximum Gasteiger partial charge on any atom is 0.333 e. The molecule has 0 N–H and O–H groups in total. The van der Waals surface area contributed by atoms with Crippen LogP contribution < -0.4 is 9.47 Å². The van der Waals surface area contributed by atoms with Crippen LogP contribution in [0.4, 0.5) is 0 Å². The molecule has 3 aromatic rings. The predicted molar refractivity (Wildman–Crippen MR) is 157 cm³/mol.